The molecule has 6 nitrogen and oxygen atoms in total. The lowest BCUT2D eigenvalue weighted by Crippen LogP contribution is -2.42. The van der Waals surface area contributed by atoms with E-state index in [-0.39, 0.29) is 5.91 Å². The van der Waals surface area contributed by atoms with E-state index in [1.54, 1.807) is 6.20 Å². The van der Waals surface area contributed by atoms with Gasteiger partial charge in [0.15, 0.2) is 5.58 Å². The lowest BCUT2D eigenvalue weighted by Gasteiger charge is -2.29. The number of para-hydroxylation sites is 1. The Balaban J connectivity index is 1.32. The number of hydrogen-bond donors (Lipinski definition) is 0. The molecular weight excluding hydrogens is 376 g/mol. The van der Waals surface area contributed by atoms with Crippen molar-refractivity contribution in [3.8, 4) is 0 Å². The lowest BCUT2D eigenvalue weighted by atomic mass is 9.95. The van der Waals surface area contributed by atoms with Crippen molar-refractivity contribution in [2.75, 3.05) is 33.2 Å². The van der Waals surface area contributed by atoms with E-state index in [0.29, 0.717) is 11.6 Å². The normalized spacial score (nSPS) is 15.1. The maximum absolute atomic E-state index is 12.7. The van der Waals surface area contributed by atoms with Gasteiger partial charge in [0.05, 0.1) is 5.69 Å². The minimum atomic E-state index is 0.0566. The van der Waals surface area contributed by atoms with Crippen molar-refractivity contribution in [3.05, 3.63) is 59.0 Å². The van der Waals surface area contributed by atoms with E-state index in [1.165, 1.54) is 0 Å². The van der Waals surface area contributed by atoms with Crippen LogP contribution in [0.2, 0.25) is 0 Å². The van der Waals surface area contributed by atoms with Crippen LogP contribution in [0.5, 0.6) is 0 Å². The second-order valence-electron chi connectivity index (χ2n) is 8.27. The molecular formula is C24H30N4O2. The summed E-state index contributed by atoms with van der Waals surface area (Å²) in [4.78, 5) is 21.2. The Morgan fingerprint density at radius 2 is 2.10 bits per heavy atom. The predicted molar refractivity (Wildman–Crippen MR) is 118 cm³/mol. The third-order valence-corrected chi connectivity index (χ3v) is 6.25. The molecule has 3 aromatic rings. The fourth-order valence-electron chi connectivity index (χ4n) is 4.28. The minimum absolute atomic E-state index is 0.0566. The summed E-state index contributed by atoms with van der Waals surface area (Å²) in [6, 6.07) is 10.1. The first-order valence-corrected chi connectivity index (χ1v) is 10.8. The number of aromatic nitrogens is 2. The lowest BCUT2D eigenvalue weighted by molar-refractivity contribution is 0.0717. The zero-order chi connectivity index (χ0) is 21.1. The standard InChI is InChI=1S/C24H30N4O2/c1-4-18(21-20-9-5-7-17(2)23(20)30-26-21)10-13-27(3)15-16-28-14-11-19-8-6-12-25-22(19)24(28)29/h5-9,12,18H,4,10-11,13-16H2,1-3H3. The van der Waals surface area contributed by atoms with Crippen molar-refractivity contribution >= 4 is 16.9 Å². The fourth-order valence-corrected chi connectivity index (χ4v) is 4.28. The highest BCUT2D eigenvalue weighted by Gasteiger charge is 2.25. The molecule has 4 rings (SSSR count). The molecule has 158 valence electrons. The molecule has 0 aliphatic carbocycles. The van der Waals surface area contributed by atoms with Gasteiger partial charge in [-0.15, -0.1) is 0 Å². The minimum Gasteiger partial charge on any atom is -0.356 e. The van der Waals surface area contributed by atoms with Crippen LogP contribution in [0.25, 0.3) is 11.0 Å². The molecule has 0 radical (unpaired) electrons. The van der Waals surface area contributed by atoms with E-state index >= 15 is 0 Å². The predicted octanol–water partition coefficient (Wildman–Crippen LogP) is 4.05. The molecule has 1 aliphatic rings. The van der Waals surface area contributed by atoms with Gasteiger partial charge in [-0.05, 0) is 63.0 Å². The number of hydrogen-bond acceptors (Lipinski definition) is 5. The van der Waals surface area contributed by atoms with Crippen molar-refractivity contribution in [2.24, 2.45) is 0 Å². The number of benzene rings is 1. The van der Waals surface area contributed by atoms with Crippen LogP contribution in [0.1, 0.15) is 53.0 Å². The Labute approximate surface area is 177 Å². The topological polar surface area (TPSA) is 62.5 Å². The smallest absolute Gasteiger partial charge is 0.272 e. The third kappa shape index (κ3) is 4.10. The van der Waals surface area contributed by atoms with Gasteiger partial charge in [-0.3, -0.25) is 9.78 Å². The average molecular weight is 407 g/mol. The van der Waals surface area contributed by atoms with Crippen LogP contribution in [-0.2, 0) is 6.42 Å². The van der Waals surface area contributed by atoms with Gasteiger partial charge in [-0.1, -0.05) is 30.3 Å². The Bertz CT molecular complexity index is 1030. The Kier molecular flexibility index (Phi) is 6.13. The highest BCUT2D eigenvalue weighted by molar-refractivity contribution is 5.94. The second-order valence-corrected chi connectivity index (χ2v) is 8.27. The van der Waals surface area contributed by atoms with E-state index in [2.05, 4.69) is 54.1 Å². The molecule has 1 amide bonds. The molecule has 1 unspecified atom stereocenters. The van der Waals surface area contributed by atoms with Crippen molar-refractivity contribution in [1.82, 2.24) is 19.9 Å². The first-order chi connectivity index (χ1) is 14.6. The maximum atomic E-state index is 12.7. The van der Waals surface area contributed by atoms with Crippen LogP contribution in [0.15, 0.2) is 41.1 Å². The van der Waals surface area contributed by atoms with E-state index in [0.717, 1.165) is 73.2 Å². The van der Waals surface area contributed by atoms with Crippen LogP contribution in [0, 0.1) is 6.92 Å². The van der Waals surface area contributed by atoms with Gasteiger partial charge in [0.2, 0.25) is 0 Å². The molecule has 0 N–H and O–H groups in total. The van der Waals surface area contributed by atoms with E-state index in [9.17, 15) is 4.79 Å². The van der Waals surface area contributed by atoms with Crippen molar-refractivity contribution in [3.63, 3.8) is 0 Å². The summed E-state index contributed by atoms with van der Waals surface area (Å²) < 4.78 is 5.62. The first-order valence-electron chi connectivity index (χ1n) is 10.8. The Morgan fingerprint density at radius 3 is 2.93 bits per heavy atom. The SMILES string of the molecule is CCC(CCN(C)CCN1CCc2cccnc2C1=O)c1noc2c(C)cccc12. The number of aryl methyl sites for hydroxylation is 1. The molecule has 6 heteroatoms. The summed E-state index contributed by atoms with van der Waals surface area (Å²) in [6.07, 6.45) is 4.62. The second kappa shape index (κ2) is 8.96. The van der Waals surface area contributed by atoms with Crippen LogP contribution in [-0.4, -0.2) is 59.1 Å². The number of pyridine rings is 1. The number of rotatable bonds is 8. The molecule has 3 heterocycles. The summed E-state index contributed by atoms with van der Waals surface area (Å²) in [5, 5.41) is 5.54. The number of carbonyl (C=O) groups is 1. The van der Waals surface area contributed by atoms with E-state index in [1.807, 2.05) is 17.0 Å². The average Bonchev–Trinajstić information content (AvgIpc) is 3.19. The molecule has 1 aromatic carbocycles. The van der Waals surface area contributed by atoms with E-state index < -0.39 is 0 Å². The van der Waals surface area contributed by atoms with Gasteiger partial charge in [-0.25, -0.2) is 0 Å². The molecule has 2 aromatic heterocycles. The monoisotopic (exact) mass is 406 g/mol. The van der Waals surface area contributed by atoms with Gasteiger partial charge < -0.3 is 14.3 Å². The Morgan fingerprint density at radius 1 is 1.23 bits per heavy atom. The third-order valence-electron chi connectivity index (χ3n) is 6.25. The molecule has 0 saturated heterocycles. The maximum Gasteiger partial charge on any atom is 0.272 e. The van der Waals surface area contributed by atoms with Crippen molar-refractivity contribution < 1.29 is 9.32 Å². The van der Waals surface area contributed by atoms with Gasteiger partial charge in [0.1, 0.15) is 5.69 Å². The quantitative estimate of drug-likeness (QED) is 0.565. The zero-order valence-electron chi connectivity index (χ0n) is 18.1. The number of likely N-dealkylation sites (N-methyl/N-ethyl adjacent to an activating group) is 1. The summed E-state index contributed by atoms with van der Waals surface area (Å²) in [6.45, 7) is 7.57. The zero-order valence-corrected chi connectivity index (χ0v) is 18.1. The van der Waals surface area contributed by atoms with Crippen LogP contribution in [0.4, 0.5) is 0 Å². The van der Waals surface area contributed by atoms with Crippen molar-refractivity contribution in [2.45, 2.75) is 39.0 Å². The Hall–Kier alpha value is -2.73. The number of amides is 1. The van der Waals surface area contributed by atoms with Crippen molar-refractivity contribution in [1.29, 1.82) is 0 Å². The molecule has 0 spiro atoms. The van der Waals surface area contributed by atoms with Crippen LogP contribution >= 0.6 is 0 Å². The summed E-state index contributed by atoms with van der Waals surface area (Å²) in [5.74, 6) is 0.421. The molecule has 0 fully saturated rings. The van der Waals surface area contributed by atoms with Gasteiger partial charge in [0, 0.05) is 37.1 Å². The molecule has 0 bridgehead atoms. The molecule has 0 saturated carbocycles. The number of carbonyl (C=O) groups excluding carboxylic acids is 1. The molecule has 1 atom stereocenters. The van der Waals surface area contributed by atoms with Crippen LogP contribution in [0.3, 0.4) is 0 Å². The summed E-state index contributed by atoms with van der Waals surface area (Å²) >= 11 is 0. The van der Waals surface area contributed by atoms with Gasteiger partial charge >= 0.3 is 0 Å². The molecule has 30 heavy (non-hydrogen) atoms. The fraction of sp³-hybridized carbons (Fsp3) is 0.458. The van der Waals surface area contributed by atoms with E-state index in [4.69, 9.17) is 4.52 Å². The first kappa shape index (κ1) is 20.5. The van der Waals surface area contributed by atoms with Gasteiger partial charge in [-0.2, -0.15) is 0 Å². The molecule has 1 aliphatic heterocycles. The van der Waals surface area contributed by atoms with Crippen LogP contribution < -0.4 is 0 Å². The summed E-state index contributed by atoms with van der Waals surface area (Å²) in [5.41, 5.74) is 4.77. The number of fused-ring (bicyclic) bond motifs is 2. The highest BCUT2D eigenvalue weighted by atomic mass is 16.5. The number of nitrogens with zero attached hydrogens (tertiary/aromatic N) is 4. The van der Waals surface area contributed by atoms with Gasteiger partial charge in [0.25, 0.3) is 5.91 Å². The highest BCUT2D eigenvalue weighted by Crippen LogP contribution is 2.31. The summed E-state index contributed by atoms with van der Waals surface area (Å²) in [7, 11) is 2.12. The largest absolute Gasteiger partial charge is 0.356 e.